The Morgan fingerprint density at radius 2 is 2.10 bits per heavy atom. The first-order chi connectivity index (χ1) is 9.74. The normalized spacial score (nSPS) is 13.8. The number of nitrogens with one attached hydrogen (secondary N) is 1. The summed E-state index contributed by atoms with van der Waals surface area (Å²) in [6, 6.07) is 4.71. The van der Waals surface area contributed by atoms with E-state index >= 15 is 0 Å². The number of fused-ring (bicyclic) bond motifs is 1. The number of halogens is 1. The van der Waals surface area contributed by atoms with E-state index in [1.807, 2.05) is 17.4 Å². The van der Waals surface area contributed by atoms with Gasteiger partial charge in [0.2, 0.25) is 0 Å². The van der Waals surface area contributed by atoms with E-state index in [1.54, 1.807) is 12.3 Å². The molecule has 104 valence electrons. The van der Waals surface area contributed by atoms with E-state index in [0.717, 1.165) is 43.6 Å². The van der Waals surface area contributed by atoms with Crippen molar-refractivity contribution in [1.82, 2.24) is 14.5 Å². The molecule has 0 atom stereocenters. The molecule has 20 heavy (non-hydrogen) atoms. The Balaban J connectivity index is 1.51. The molecule has 0 bridgehead atoms. The highest BCUT2D eigenvalue weighted by atomic mass is 19.1. The number of nitrogens with zero attached hydrogens (tertiary/aromatic N) is 3. The lowest BCUT2D eigenvalue weighted by Crippen LogP contribution is -2.25. The van der Waals surface area contributed by atoms with Crippen molar-refractivity contribution in [2.24, 2.45) is 0 Å². The van der Waals surface area contributed by atoms with E-state index in [2.05, 4.69) is 9.55 Å². The lowest BCUT2D eigenvalue weighted by molar-refractivity contribution is 0.404. The van der Waals surface area contributed by atoms with E-state index in [9.17, 15) is 4.39 Å². The summed E-state index contributed by atoms with van der Waals surface area (Å²) in [7, 11) is 0. The van der Waals surface area contributed by atoms with E-state index in [1.165, 1.54) is 12.1 Å². The van der Waals surface area contributed by atoms with Crippen molar-refractivity contribution >= 4 is 5.84 Å². The van der Waals surface area contributed by atoms with Crippen LogP contribution < -0.4 is 0 Å². The van der Waals surface area contributed by atoms with Crippen molar-refractivity contribution in [2.75, 3.05) is 6.54 Å². The molecule has 1 aliphatic rings. The molecule has 0 amide bonds. The van der Waals surface area contributed by atoms with Crippen molar-refractivity contribution in [1.29, 1.82) is 5.41 Å². The summed E-state index contributed by atoms with van der Waals surface area (Å²) in [5.41, 5.74) is 1.78. The molecule has 2 aromatic rings. The summed E-state index contributed by atoms with van der Waals surface area (Å²) in [6.45, 7) is 2.51. The molecular weight excluding hydrogens is 255 g/mol. The van der Waals surface area contributed by atoms with Crippen LogP contribution in [0.2, 0.25) is 0 Å². The van der Waals surface area contributed by atoms with E-state index < -0.39 is 0 Å². The summed E-state index contributed by atoms with van der Waals surface area (Å²) >= 11 is 0. The zero-order chi connectivity index (χ0) is 13.9. The molecule has 0 saturated carbocycles. The number of hydrogen-bond acceptors (Lipinski definition) is 2. The van der Waals surface area contributed by atoms with E-state index in [4.69, 9.17) is 5.41 Å². The molecule has 0 radical (unpaired) electrons. The van der Waals surface area contributed by atoms with E-state index in [0.29, 0.717) is 5.84 Å². The van der Waals surface area contributed by atoms with Gasteiger partial charge in [-0.05, 0) is 30.5 Å². The van der Waals surface area contributed by atoms with Crippen LogP contribution in [0.15, 0.2) is 36.9 Å². The minimum absolute atomic E-state index is 0.268. The maximum absolute atomic E-state index is 13.2. The van der Waals surface area contributed by atoms with Crippen LogP contribution in [0.4, 0.5) is 4.39 Å². The van der Waals surface area contributed by atoms with Crippen LogP contribution in [0.25, 0.3) is 0 Å². The Bertz CT molecular complexity index is 606. The third kappa shape index (κ3) is 2.57. The number of hydrogen-bond donors (Lipinski definition) is 1. The number of imidazole rings is 1. The smallest absolute Gasteiger partial charge is 0.128 e. The SMILES string of the molecule is N=C1c2cc(F)ccc2CN1CCCCn1ccnc1. The predicted octanol–water partition coefficient (Wildman–Crippen LogP) is 2.64. The Morgan fingerprint density at radius 1 is 1.25 bits per heavy atom. The quantitative estimate of drug-likeness (QED) is 0.850. The molecule has 1 N–H and O–H groups in total. The third-order valence-corrected chi connectivity index (χ3v) is 3.66. The zero-order valence-electron chi connectivity index (χ0n) is 11.2. The average Bonchev–Trinajstić information content (AvgIpc) is 3.05. The van der Waals surface area contributed by atoms with Crippen molar-refractivity contribution < 1.29 is 4.39 Å². The first-order valence-electron chi connectivity index (χ1n) is 6.82. The van der Waals surface area contributed by atoms with Crippen LogP contribution in [-0.2, 0) is 13.1 Å². The van der Waals surface area contributed by atoms with Gasteiger partial charge in [0.1, 0.15) is 11.7 Å². The topological polar surface area (TPSA) is 44.9 Å². The molecule has 5 heteroatoms. The molecule has 0 saturated heterocycles. The van der Waals surface area contributed by atoms with Gasteiger partial charge >= 0.3 is 0 Å². The molecule has 2 heterocycles. The Kier molecular flexibility index (Phi) is 3.50. The maximum Gasteiger partial charge on any atom is 0.128 e. The van der Waals surface area contributed by atoms with E-state index in [-0.39, 0.29) is 5.82 Å². The fourth-order valence-electron chi connectivity index (χ4n) is 2.57. The molecule has 1 aliphatic heterocycles. The van der Waals surface area contributed by atoms with Crippen molar-refractivity contribution in [3.05, 3.63) is 53.9 Å². The zero-order valence-corrected chi connectivity index (χ0v) is 11.2. The Hall–Kier alpha value is -2.17. The first kappa shape index (κ1) is 12.8. The number of benzene rings is 1. The van der Waals surface area contributed by atoms with Crippen LogP contribution in [0, 0.1) is 11.2 Å². The molecule has 0 aliphatic carbocycles. The van der Waals surface area contributed by atoms with Gasteiger partial charge in [-0.3, -0.25) is 5.41 Å². The molecular formula is C15H17FN4. The van der Waals surface area contributed by atoms with Gasteiger partial charge in [0.15, 0.2) is 0 Å². The predicted molar refractivity (Wildman–Crippen MR) is 75.1 cm³/mol. The third-order valence-electron chi connectivity index (χ3n) is 3.66. The van der Waals surface area contributed by atoms with Gasteiger partial charge in [-0.2, -0.15) is 0 Å². The van der Waals surface area contributed by atoms with Gasteiger partial charge in [0, 0.05) is 37.6 Å². The minimum atomic E-state index is -0.268. The van der Waals surface area contributed by atoms with Gasteiger partial charge in [-0.15, -0.1) is 0 Å². The van der Waals surface area contributed by atoms with Gasteiger partial charge in [-0.25, -0.2) is 9.37 Å². The molecule has 1 aromatic carbocycles. The Morgan fingerprint density at radius 3 is 2.90 bits per heavy atom. The summed E-state index contributed by atoms with van der Waals surface area (Å²) in [5, 5.41) is 8.10. The molecule has 0 unspecified atom stereocenters. The highest BCUT2D eigenvalue weighted by Gasteiger charge is 2.23. The molecule has 1 aromatic heterocycles. The number of aryl methyl sites for hydroxylation is 1. The standard InChI is InChI=1S/C15H17FN4/c16-13-4-3-12-10-20(15(17)14(12)9-13)7-2-1-6-19-8-5-18-11-19/h3-5,8-9,11,17H,1-2,6-7,10H2. The summed E-state index contributed by atoms with van der Waals surface area (Å²) < 4.78 is 15.3. The van der Waals surface area contributed by atoms with Gasteiger partial charge in [0.25, 0.3) is 0 Å². The lowest BCUT2D eigenvalue weighted by atomic mass is 10.1. The largest absolute Gasteiger partial charge is 0.352 e. The van der Waals surface area contributed by atoms with Crippen molar-refractivity contribution in [3.63, 3.8) is 0 Å². The molecule has 0 spiro atoms. The second kappa shape index (κ2) is 5.45. The van der Waals surface area contributed by atoms with Crippen molar-refractivity contribution in [2.45, 2.75) is 25.9 Å². The minimum Gasteiger partial charge on any atom is -0.352 e. The summed E-state index contributed by atoms with van der Waals surface area (Å²) in [6.07, 6.45) is 7.61. The number of unbranched alkanes of at least 4 members (excludes halogenated alkanes) is 1. The van der Waals surface area contributed by atoms with Gasteiger partial charge in [-0.1, -0.05) is 6.07 Å². The van der Waals surface area contributed by atoms with Gasteiger partial charge < -0.3 is 9.47 Å². The molecule has 0 fully saturated rings. The number of aromatic nitrogens is 2. The first-order valence-corrected chi connectivity index (χ1v) is 6.82. The molecule has 4 nitrogen and oxygen atoms in total. The fraction of sp³-hybridized carbons (Fsp3) is 0.333. The highest BCUT2D eigenvalue weighted by Crippen LogP contribution is 2.23. The Labute approximate surface area is 117 Å². The van der Waals surface area contributed by atoms with Crippen LogP contribution in [0.3, 0.4) is 0 Å². The van der Waals surface area contributed by atoms with Crippen molar-refractivity contribution in [3.8, 4) is 0 Å². The number of rotatable bonds is 5. The fourth-order valence-corrected chi connectivity index (χ4v) is 2.57. The van der Waals surface area contributed by atoms with Crippen LogP contribution >= 0.6 is 0 Å². The van der Waals surface area contributed by atoms with Crippen LogP contribution in [0.5, 0.6) is 0 Å². The van der Waals surface area contributed by atoms with Gasteiger partial charge in [0.05, 0.1) is 6.33 Å². The monoisotopic (exact) mass is 272 g/mol. The van der Waals surface area contributed by atoms with Crippen LogP contribution in [0.1, 0.15) is 24.0 Å². The summed E-state index contributed by atoms with van der Waals surface area (Å²) in [5.74, 6) is 0.178. The average molecular weight is 272 g/mol. The second-order valence-electron chi connectivity index (χ2n) is 5.08. The molecule has 3 rings (SSSR count). The van der Waals surface area contributed by atoms with Crippen LogP contribution in [-0.4, -0.2) is 26.8 Å². The lowest BCUT2D eigenvalue weighted by Gasteiger charge is -2.17. The second-order valence-corrected chi connectivity index (χ2v) is 5.08. The maximum atomic E-state index is 13.2. The number of amidine groups is 1. The highest BCUT2D eigenvalue weighted by molar-refractivity contribution is 6.00. The summed E-state index contributed by atoms with van der Waals surface area (Å²) in [4.78, 5) is 6.02.